The van der Waals surface area contributed by atoms with Crippen molar-refractivity contribution in [2.45, 2.75) is 45.3 Å². The Bertz CT molecular complexity index is 762. The second-order valence-corrected chi connectivity index (χ2v) is 6.83. The first kappa shape index (κ1) is 18.3. The van der Waals surface area contributed by atoms with Gasteiger partial charge in [-0.25, -0.2) is 15.0 Å². The van der Waals surface area contributed by atoms with E-state index < -0.39 is 5.60 Å². The van der Waals surface area contributed by atoms with Gasteiger partial charge in [-0.2, -0.15) is 0 Å². The second kappa shape index (κ2) is 7.82. The fourth-order valence-electron chi connectivity index (χ4n) is 3.24. The highest BCUT2D eigenvalue weighted by Gasteiger charge is 2.36. The van der Waals surface area contributed by atoms with Gasteiger partial charge in [-0.1, -0.05) is 6.92 Å². The predicted molar refractivity (Wildman–Crippen MR) is 97.8 cm³/mol. The van der Waals surface area contributed by atoms with Gasteiger partial charge in [0, 0.05) is 63.2 Å². The molecule has 2 N–H and O–H groups in total. The molecule has 0 aromatic carbocycles. The van der Waals surface area contributed by atoms with E-state index in [-0.39, 0.29) is 12.5 Å². The minimum atomic E-state index is -0.932. The highest BCUT2D eigenvalue weighted by molar-refractivity contribution is 5.75. The standard InChI is InChI=1S/C18H26N6O2/c1-3-15-19-6-9-23(15)7-4-17(25)20-11-18(26)5-8-24(12-18)16-10-14(2)21-13-22-16/h6,9-10,13,26H,3-5,7-8,11-12H2,1-2H3,(H,20,25). The Balaban J connectivity index is 1.47. The molecule has 1 saturated heterocycles. The van der Waals surface area contributed by atoms with Gasteiger partial charge in [0.25, 0.3) is 0 Å². The summed E-state index contributed by atoms with van der Waals surface area (Å²) in [6, 6.07) is 1.90. The van der Waals surface area contributed by atoms with Gasteiger partial charge in [-0.15, -0.1) is 0 Å². The van der Waals surface area contributed by atoms with E-state index in [1.807, 2.05) is 35.6 Å². The number of carbonyl (C=O) groups excluding carboxylic acids is 1. The Morgan fingerprint density at radius 2 is 2.23 bits per heavy atom. The second-order valence-electron chi connectivity index (χ2n) is 6.83. The largest absolute Gasteiger partial charge is 0.386 e. The Morgan fingerprint density at radius 1 is 1.38 bits per heavy atom. The van der Waals surface area contributed by atoms with Crippen LogP contribution in [-0.4, -0.2) is 55.8 Å². The van der Waals surface area contributed by atoms with E-state index in [9.17, 15) is 9.90 Å². The van der Waals surface area contributed by atoms with Crippen molar-refractivity contribution in [2.75, 3.05) is 24.5 Å². The molecular formula is C18H26N6O2. The van der Waals surface area contributed by atoms with Gasteiger partial charge in [0.15, 0.2) is 0 Å². The molecule has 26 heavy (non-hydrogen) atoms. The van der Waals surface area contributed by atoms with Gasteiger partial charge in [-0.3, -0.25) is 4.79 Å². The first-order valence-corrected chi connectivity index (χ1v) is 9.02. The molecule has 0 bridgehead atoms. The van der Waals surface area contributed by atoms with E-state index in [1.54, 1.807) is 6.20 Å². The van der Waals surface area contributed by atoms with Crippen molar-refractivity contribution in [3.05, 3.63) is 36.3 Å². The van der Waals surface area contributed by atoms with E-state index in [0.717, 1.165) is 23.8 Å². The number of aromatic nitrogens is 4. The lowest BCUT2D eigenvalue weighted by molar-refractivity contribution is -0.122. The first-order valence-electron chi connectivity index (χ1n) is 9.02. The third-order valence-electron chi connectivity index (χ3n) is 4.76. The lowest BCUT2D eigenvalue weighted by Gasteiger charge is -2.24. The third kappa shape index (κ3) is 4.37. The average molecular weight is 358 g/mol. The molecule has 0 aliphatic carbocycles. The molecule has 3 rings (SSSR count). The van der Waals surface area contributed by atoms with Crippen molar-refractivity contribution in [3.8, 4) is 0 Å². The lowest BCUT2D eigenvalue weighted by atomic mass is 10.0. The zero-order valence-corrected chi connectivity index (χ0v) is 15.4. The average Bonchev–Trinajstić information content (AvgIpc) is 3.25. The molecule has 2 aromatic rings. The maximum Gasteiger partial charge on any atom is 0.221 e. The number of aryl methyl sites for hydroxylation is 3. The fraction of sp³-hybridized carbons (Fsp3) is 0.556. The van der Waals surface area contributed by atoms with Gasteiger partial charge in [0.05, 0.1) is 0 Å². The number of carbonyl (C=O) groups is 1. The van der Waals surface area contributed by atoms with E-state index in [1.165, 1.54) is 6.33 Å². The molecule has 1 fully saturated rings. The quantitative estimate of drug-likeness (QED) is 0.756. The fourth-order valence-corrected chi connectivity index (χ4v) is 3.24. The SMILES string of the molecule is CCc1nccn1CCC(=O)NCC1(O)CCN(c2cc(C)ncn2)C1. The van der Waals surface area contributed by atoms with Gasteiger partial charge in [0.2, 0.25) is 5.91 Å². The van der Waals surface area contributed by atoms with E-state index in [2.05, 4.69) is 20.3 Å². The van der Waals surface area contributed by atoms with E-state index >= 15 is 0 Å². The number of anilines is 1. The van der Waals surface area contributed by atoms with Gasteiger partial charge in [-0.05, 0) is 13.3 Å². The minimum absolute atomic E-state index is 0.0643. The van der Waals surface area contributed by atoms with Crippen LogP contribution in [0.25, 0.3) is 0 Å². The van der Waals surface area contributed by atoms with Crippen molar-refractivity contribution in [1.29, 1.82) is 0 Å². The molecule has 3 heterocycles. The highest BCUT2D eigenvalue weighted by Crippen LogP contribution is 2.25. The van der Waals surface area contributed by atoms with Crippen LogP contribution in [0.5, 0.6) is 0 Å². The molecule has 1 atom stereocenters. The molecule has 1 aliphatic heterocycles. The summed E-state index contributed by atoms with van der Waals surface area (Å²) in [7, 11) is 0. The first-order chi connectivity index (χ1) is 12.5. The molecule has 1 amide bonds. The number of hydrogen-bond acceptors (Lipinski definition) is 6. The molecule has 2 aromatic heterocycles. The summed E-state index contributed by atoms with van der Waals surface area (Å²) < 4.78 is 1.99. The Hall–Kier alpha value is -2.48. The monoisotopic (exact) mass is 358 g/mol. The molecule has 8 nitrogen and oxygen atoms in total. The number of rotatable bonds is 7. The van der Waals surface area contributed by atoms with Gasteiger partial charge in [0.1, 0.15) is 23.6 Å². The summed E-state index contributed by atoms with van der Waals surface area (Å²) in [5, 5.41) is 13.6. The number of hydrogen-bond donors (Lipinski definition) is 2. The van der Waals surface area contributed by atoms with Crippen molar-refractivity contribution < 1.29 is 9.90 Å². The van der Waals surface area contributed by atoms with Gasteiger partial charge < -0.3 is 19.9 Å². The number of imidazole rings is 1. The number of β-amino-alcohol motifs (C(OH)–C–C–N with tert-alkyl or cyclic N) is 1. The number of nitrogens with one attached hydrogen (secondary N) is 1. The van der Waals surface area contributed by atoms with Crippen molar-refractivity contribution in [1.82, 2.24) is 24.8 Å². The Kier molecular flexibility index (Phi) is 5.51. The van der Waals surface area contributed by atoms with Crippen LogP contribution >= 0.6 is 0 Å². The maximum absolute atomic E-state index is 12.1. The molecule has 1 unspecified atom stereocenters. The van der Waals surface area contributed by atoms with Crippen LogP contribution in [-0.2, 0) is 17.8 Å². The van der Waals surface area contributed by atoms with Crippen molar-refractivity contribution >= 4 is 11.7 Å². The predicted octanol–water partition coefficient (Wildman–Crippen LogP) is 0.692. The Morgan fingerprint density at radius 3 is 3.00 bits per heavy atom. The van der Waals surface area contributed by atoms with E-state index in [4.69, 9.17) is 0 Å². The summed E-state index contributed by atoms with van der Waals surface area (Å²) >= 11 is 0. The molecule has 1 aliphatic rings. The lowest BCUT2D eigenvalue weighted by Crippen LogP contribution is -2.45. The van der Waals surface area contributed by atoms with Crippen LogP contribution in [0.2, 0.25) is 0 Å². The van der Waals surface area contributed by atoms with Crippen LogP contribution in [0.1, 0.15) is 31.3 Å². The summed E-state index contributed by atoms with van der Waals surface area (Å²) in [5.41, 5.74) is -0.0392. The molecule has 0 radical (unpaired) electrons. The van der Waals surface area contributed by atoms with Gasteiger partial charge >= 0.3 is 0 Å². The van der Waals surface area contributed by atoms with Crippen LogP contribution in [0.4, 0.5) is 5.82 Å². The summed E-state index contributed by atoms with van der Waals surface area (Å²) in [5.74, 6) is 1.72. The summed E-state index contributed by atoms with van der Waals surface area (Å²) in [6.07, 6.45) is 6.98. The molecule has 0 spiro atoms. The Labute approximate surface area is 153 Å². The van der Waals surface area contributed by atoms with Crippen LogP contribution in [0.15, 0.2) is 24.8 Å². The molecular weight excluding hydrogens is 332 g/mol. The zero-order valence-electron chi connectivity index (χ0n) is 15.4. The van der Waals surface area contributed by atoms with Crippen molar-refractivity contribution in [2.24, 2.45) is 0 Å². The summed E-state index contributed by atoms with van der Waals surface area (Å²) in [6.45, 7) is 5.96. The normalized spacial score (nSPS) is 19.7. The topological polar surface area (TPSA) is 96.2 Å². The maximum atomic E-state index is 12.1. The van der Waals surface area contributed by atoms with E-state index in [0.29, 0.717) is 32.5 Å². The number of aliphatic hydroxyl groups is 1. The van der Waals surface area contributed by atoms with Crippen LogP contribution < -0.4 is 10.2 Å². The van der Waals surface area contributed by atoms with Crippen molar-refractivity contribution in [3.63, 3.8) is 0 Å². The number of nitrogens with zero attached hydrogens (tertiary/aromatic N) is 5. The minimum Gasteiger partial charge on any atom is -0.386 e. The molecule has 8 heteroatoms. The molecule has 140 valence electrons. The smallest absolute Gasteiger partial charge is 0.221 e. The van der Waals surface area contributed by atoms with Crippen LogP contribution in [0, 0.1) is 6.92 Å². The van der Waals surface area contributed by atoms with Crippen LogP contribution in [0.3, 0.4) is 0 Å². The third-order valence-corrected chi connectivity index (χ3v) is 4.76. The molecule has 0 saturated carbocycles. The highest BCUT2D eigenvalue weighted by atomic mass is 16.3. The number of amides is 1. The zero-order chi connectivity index (χ0) is 18.6. The summed E-state index contributed by atoms with van der Waals surface area (Å²) in [4.78, 5) is 26.8.